The molecule has 5 heteroatoms. The van der Waals surface area contributed by atoms with Gasteiger partial charge in [-0.25, -0.2) is 4.79 Å². The van der Waals surface area contributed by atoms with Crippen LogP contribution in [0.2, 0.25) is 0 Å². The van der Waals surface area contributed by atoms with Crippen molar-refractivity contribution in [3.8, 4) is 0 Å². The summed E-state index contributed by atoms with van der Waals surface area (Å²) < 4.78 is 4.61. The van der Waals surface area contributed by atoms with E-state index in [0.29, 0.717) is 5.69 Å². The van der Waals surface area contributed by atoms with Crippen LogP contribution in [0, 0.1) is 0 Å². The maximum absolute atomic E-state index is 10.6. The van der Waals surface area contributed by atoms with Crippen molar-refractivity contribution in [2.24, 2.45) is 0 Å². The molecular weight excluding hydrogens is 160 g/mol. The van der Waals surface area contributed by atoms with Crippen LogP contribution in [0.15, 0.2) is 10.8 Å². The van der Waals surface area contributed by atoms with Gasteiger partial charge in [-0.1, -0.05) is 5.16 Å². The topological polar surface area (TPSA) is 75.4 Å². The Hall–Kier alpha value is -1.36. The molecule has 64 valence electrons. The predicted molar refractivity (Wildman–Crippen MR) is 39.1 cm³/mol. The molecule has 0 atom stereocenters. The third-order valence-corrected chi connectivity index (χ3v) is 2.00. The van der Waals surface area contributed by atoms with Gasteiger partial charge in [-0.15, -0.1) is 0 Å². The molecule has 1 aliphatic heterocycles. The first kappa shape index (κ1) is 7.30. The molecule has 0 saturated carbocycles. The van der Waals surface area contributed by atoms with Gasteiger partial charge in [0.2, 0.25) is 0 Å². The summed E-state index contributed by atoms with van der Waals surface area (Å²) in [6.07, 6.45) is 1.18. The van der Waals surface area contributed by atoms with Crippen LogP contribution in [-0.2, 0) is 0 Å². The van der Waals surface area contributed by atoms with E-state index in [2.05, 4.69) is 15.0 Å². The van der Waals surface area contributed by atoms with E-state index in [-0.39, 0.29) is 11.5 Å². The minimum Gasteiger partial charge on any atom is -0.478 e. The maximum atomic E-state index is 10.6. The van der Waals surface area contributed by atoms with E-state index >= 15 is 0 Å². The second-order valence-corrected chi connectivity index (χ2v) is 2.77. The normalized spacial score (nSPS) is 17.3. The zero-order chi connectivity index (χ0) is 8.55. The Kier molecular flexibility index (Phi) is 1.58. The molecule has 1 saturated heterocycles. The van der Waals surface area contributed by atoms with Crippen molar-refractivity contribution in [3.63, 3.8) is 0 Å². The summed E-state index contributed by atoms with van der Waals surface area (Å²) in [5.41, 5.74) is 0.739. The lowest BCUT2D eigenvalue weighted by molar-refractivity contribution is 0.0694. The molecule has 1 aliphatic rings. The summed E-state index contributed by atoms with van der Waals surface area (Å²) >= 11 is 0. The molecule has 0 aromatic carbocycles. The molecule has 0 aliphatic carbocycles. The Balaban J connectivity index is 2.29. The monoisotopic (exact) mass is 168 g/mol. The Morgan fingerprint density at radius 3 is 3.00 bits per heavy atom. The van der Waals surface area contributed by atoms with Crippen molar-refractivity contribution >= 4 is 5.97 Å². The van der Waals surface area contributed by atoms with E-state index in [1.54, 1.807) is 0 Å². The van der Waals surface area contributed by atoms with Gasteiger partial charge in [0, 0.05) is 19.0 Å². The SMILES string of the molecule is O=C(O)c1conc1C1CNC1. The van der Waals surface area contributed by atoms with Crippen LogP contribution in [0.1, 0.15) is 22.0 Å². The zero-order valence-electron chi connectivity index (χ0n) is 6.28. The van der Waals surface area contributed by atoms with Crippen LogP contribution >= 0.6 is 0 Å². The number of carboxylic acid groups (broad SMARTS) is 1. The molecule has 1 aromatic rings. The molecular formula is C7H8N2O3. The molecule has 0 amide bonds. The minimum atomic E-state index is -0.974. The fourth-order valence-electron chi connectivity index (χ4n) is 1.18. The quantitative estimate of drug-likeness (QED) is 0.653. The second kappa shape index (κ2) is 2.60. The molecule has 1 fully saturated rings. The highest BCUT2D eigenvalue weighted by atomic mass is 16.5. The van der Waals surface area contributed by atoms with Crippen molar-refractivity contribution in [2.45, 2.75) is 5.92 Å². The van der Waals surface area contributed by atoms with E-state index in [0.717, 1.165) is 13.1 Å². The molecule has 0 bridgehead atoms. The lowest BCUT2D eigenvalue weighted by Crippen LogP contribution is -2.40. The standard InChI is InChI=1S/C7H8N2O3/c10-7(11)5-3-12-9-6(5)4-1-8-2-4/h3-4,8H,1-2H2,(H,10,11). The van der Waals surface area contributed by atoms with Crippen LogP contribution in [0.4, 0.5) is 0 Å². The van der Waals surface area contributed by atoms with Gasteiger partial charge in [0.05, 0.1) is 0 Å². The summed E-state index contributed by atoms with van der Waals surface area (Å²) in [6.45, 7) is 1.57. The lowest BCUT2D eigenvalue weighted by atomic mass is 9.96. The van der Waals surface area contributed by atoms with Crippen molar-refractivity contribution in [2.75, 3.05) is 13.1 Å². The number of aromatic carboxylic acids is 1. The number of nitrogens with one attached hydrogen (secondary N) is 1. The van der Waals surface area contributed by atoms with Crippen molar-refractivity contribution in [1.82, 2.24) is 10.5 Å². The van der Waals surface area contributed by atoms with Crippen molar-refractivity contribution < 1.29 is 14.4 Å². The summed E-state index contributed by atoms with van der Waals surface area (Å²) in [7, 11) is 0. The zero-order valence-corrected chi connectivity index (χ0v) is 6.28. The molecule has 1 aromatic heterocycles. The van der Waals surface area contributed by atoms with E-state index in [1.165, 1.54) is 6.26 Å². The van der Waals surface area contributed by atoms with E-state index in [1.807, 2.05) is 0 Å². The molecule has 2 rings (SSSR count). The molecule has 2 heterocycles. The molecule has 0 spiro atoms. The average molecular weight is 168 g/mol. The predicted octanol–water partition coefficient (Wildman–Crippen LogP) is 0.0596. The minimum absolute atomic E-state index is 0.182. The fraction of sp³-hybridized carbons (Fsp3) is 0.429. The number of carboxylic acids is 1. The number of hydrogen-bond donors (Lipinski definition) is 2. The summed E-state index contributed by atoms with van der Waals surface area (Å²) in [5.74, 6) is -0.770. The third kappa shape index (κ3) is 0.984. The van der Waals surface area contributed by atoms with Gasteiger partial charge in [-0.2, -0.15) is 0 Å². The van der Waals surface area contributed by atoms with Gasteiger partial charge < -0.3 is 14.9 Å². The molecule has 0 unspecified atom stereocenters. The smallest absolute Gasteiger partial charge is 0.340 e. The summed E-state index contributed by atoms with van der Waals surface area (Å²) in [4.78, 5) is 10.6. The Bertz CT molecular complexity index is 303. The molecule has 12 heavy (non-hydrogen) atoms. The number of carbonyl (C=O) groups is 1. The Labute approximate surface area is 68.4 Å². The first-order chi connectivity index (χ1) is 5.79. The van der Waals surface area contributed by atoms with Gasteiger partial charge in [0.25, 0.3) is 0 Å². The van der Waals surface area contributed by atoms with E-state index in [9.17, 15) is 4.79 Å². The van der Waals surface area contributed by atoms with Crippen LogP contribution in [-0.4, -0.2) is 29.3 Å². The Morgan fingerprint density at radius 2 is 2.50 bits per heavy atom. The van der Waals surface area contributed by atoms with E-state index in [4.69, 9.17) is 5.11 Å². The second-order valence-electron chi connectivity index (χ2n) is 2.77. The number of nitrogens with zero attached hydrogens (tertiary/aromatic N) is 1. The highest BCUT2D eigenvalue weighted by molar-refractivity contribution is 5.88. The summed E-state index contributed by atoms with van der Waals surface area (Å²) in [5, 5.41) is 15.4. The van der Waals surface area contributed by atoms with Gasteiger partial charge in [0.1, 0.15) is 17.5 Å². The number of hydrogen-bond acceptors (Lipinski definition) is 4. The van der Waals surface area contributed by atoms with Crippen molar-refractivity contribution in [1.29, 1.82) is 0 Å². The van der Waals surface area contributed by atoms with Crippen LogP contribution in [0.5, 0.6) is 0 Å². The van der Waals surface area contributed by atoms with Crippen LogP contribution in [0.3, 0.4) is 0 Å². The number of rotatable bonds is 2. The lowest BCUT2D eigenvalue weighted by Gasteiger charge is -2.24. The molecule has 0 radical (unpaired) electrons. The number of aromatic nitrogens is 1. The first-order valence-corrected chi connectivity index (χ1v) is 3.67. The average Bonchev–Trinajstić information content (AvgIpc) is 2.31. The van der Waals surface area contributed by atoms with E-state index < -0.39 is 5.97 Å². The van der Waals surface area contributed by atoms with Crippen LogP contribution < -0.4 is 5.32 Å². The van der Waals surface area contributed by atoms with Gasteiger partial charge >= 0.3 is 5.97 Å². The molecule has 5 nitrogen and oxygen atoms in total. The first-order valence-electron chi connectivity index (χ1n) is 3.67. The van der Waals surface area contributed by atoms with Crippen LogP contribution in [0.25, 0.3) is 0 Å². The molecule has 2 N–H and O–H groups in total. The largest absolute Gasteiger partial charge is 0.478 e. The Morgan fingerprint density at radius 1 is 1.75 bits per heavy atom. The van der Waals surface area contributed by atoms with Gasteiger partial charge in [-0.3, -0.25) is 0 Å². The summed E-state index contributed by atoms with van der Waals surface area (Å²) in [6, 6.07) is 0. The third-order valence-electron chi connectivity index (χ3n) is 2.00. The highest BCUT2D eigenvalue weighted by Gasteiger charge is 2.27. The van der Waals surface area contributed by atoms with Gasteiger partial charge in [0.15, 0.2) is 0 Å². The fourth-order valence-corrected chi connectivity index (χ4v) is 1.18. The maximum Gasteiger partial charge on any atom is 0.340 e. The van der Waals surface area contributed by atoms with Crippen molar-refractivity contribution in [3.05, 3.63) is 17.5 Å². The highest BCUT2D eigenvalue weighted by Crippen LogP contribution is 2.21. The van der Waals surface area contributed by atoms with Gasteiger partial charge in [-0.05, 0) is 0 Å².